The van der Waals surface area contributed by atoms with Crippen molar-refractivity contribution >= 4 is 33.5 Å². The lowest BCUT2D eigenvalue weighted by atomic mass is 10.1. The molecule has 4 rings (SSSR count). The Hall–Kier alpha value is -3.73. The largest absolute Gasteiger partial charge is 0.288 e. The van der Waals surface area contributed by atoms with E-state index in [0.29, 0.717) is 5.56 Å². The van der Waals surface area contributed by atoms with Gasteiger partial charge in [-0.05, 0) is 35.0 Å². The highest BCUT2D eigenvalue weighted by molar-refractivity contribution is 6.01. The first kappa shape index (κ1) is 15.8. The van der Waals surface area contributed by atoms with Crippen LogP contribution in [0.25, 0.3) is 21.7 Å². The minimum atomic E-state index is -0.468. The Morgan fingerprint density at radius 3 is 2.15 bits per heavy atom. The lowest BCUT2D eigenvalue weighted by molar-refractivity contribution is 0.0844. The summed E-state index contributed by atoms with van der Waals surface area (Å²) in [5.41, 5.74) is 6.27. The molecule has 2 amide bonds. The molecule has 0 bridgehead atoms. The first-order valence-corrected chi connectivity index (χ1v) is 8.16. The number of nitrogens with one attached hydrogen (secondary N) is 2. The van der Waals surface area contributed by atoms with Crippen LogP contribution in [0.4, 0.5) is 0 Å². The van der Waals surface area contributed by atoms with Crippen molar-refractivity contribution in [1.29, 1.82) is 0 Å². The number of benzene rings is 3. The summed E-state index contributed by atoms with van der Waals surface area (Å²) in [4.78, 5) is 28.8. The van der Waals surface area contributed by atoms with Gasteiger partial charge >= 0.3 is 0 Å². The first-order valence-electron chi connectivity index (χ1n) is 8.16. The molecule has 5 heteroatoms. The van der Waals surface area contributed by atoms with Crippen LogP contribution in [0.3, 0.4) is 0 Å². The lowest BCUT2D eigenvalue weighted by Crippen LogP contribution is -2.41. The number of carbonyl (C=O) groups excluding carboxylic acids is 2. The maximum Gasteiger partial charge on any atom is 0.288 e. The van der Waals surface area contributed by atoms with Crippen LogP contribution in [-0.4, -0.2) is 16.8 Å². The summed E-state index contributed by atoms with van der Waals surface area (Å²) in [6.07, 6.45) is 0. The van der Waals surface area contributed by atoms with Crippen LogP contribution in [0.1, 0.15) is 20.8 Å². The van der Waals surface area contributed by atoms with Crippen molar-refractivity contribution in [2.75, 3.05) is 0 Å². The molecule has 0 spiro atoms. The van der Waals surface area contributed by atoms with Gasteiger partial charge in [-0.3, -0.25) is 20.4 Å². The molecule has 1 heterocycles. The molecule has 4 aromatic rings. The van der Waals surface area contributed by atoms with Gasteiger partial charge in [-0.1, -0.05) is 54.6 Å². The summed E-state index contributed by atoms with van der Waals surface area (Å²) >= 11 is 0. The van der Waals surface area contributed by atoms with E-state index in [1.165, 1.54) is 0 Å². The number of hydrogen-bond acceptors (Lipinski definition) is 3. The Bertz CT molecular complexity index is 1050. The molecule has 0 aliphatic rings. The Labute approximate surface area is 149 Å². The van der Waals surface area contributed by atoms with Crippen molar-refractivity contribution in [3.8, 4) is 0 Å². The molecular formula is C21H15N3O2. The van der Waals surface area contributed by atoms with E-state index in [9.17, 15) is 9.59 Å². The van der Waals surface area contributed by atoms with E-state index >= 15 is 0 Å². The number of amides is 2. The SMILES string of the molecule is O=C(NNC(=O)c1ccc2ccccc2n1)c1ccc2ccccc2c1. The van der Waals surface area contributed by atoms with Crippen molar-refractivity contribution in [3.63, 3.8) is 0 Å². The molecule has 0 unspecified atom stereocenters. The second kappa shape index (κ2) is 6.64. The standard InChI is InChI=1S/C21H15N3O2/c25-20(17-10-9-14-5-1-2-7-16(14)13-17)23-24-21(26)19-12-11-15-6-3-4-8-18(15)22-19/h1-13H,(H,23,25)(H,24,26). The van der Waals surface area contributed by atoms with Gasteiger partial charge in [-0.2, -0.15) is 0 Å². The molecule has 0 fully saturated rings. The monoisotopic (exact) mass is 341 g/mol. The number of fused-ring (bicyclic) bond motifs is 2. The van der Waals surface area contributed by atoms with Gasteiger partial charge < -0.3 is 0 Å². The van der Waals surface area contributed by atoms with E-state index in [1.807, 2.05) is 60.7 Å². The summed E-state index contributed by atoms with van der Waals surface area (Å²) in [6, 6.07) is 24.1. The van der Waals surface area contributed by atoms with Crippen molar-refractivity contribution < 1.29 is 9.59 Å². The third-order valence-corrected chi connectivity index (χ3v) is 4.13. The van der Waals surface area contributed by atoms with E-state index < -0.39 is 5.91 Å². The van der Waals surface area contributed by atoms with Gasteiger partial charge in [0.2, 0.25) is 0 Å². The summed E-state index contributed by atoms with van der Waals surface area (Å²) < 4.78 is 0. The molecule has 126 valence electrons. The van der Waals surface area contributed by atoms with Crippen LogP contribution >= 0.6 is 0 Å². The predicted molar refractivity (Wildman–Crippen MR) is 101 cm³/mol. The molecule has 3 aromatic carbocycles. The second-order valence-corrected chi connectivity index (χ2v) is 5.86. The second-order valence-electron chi connectivity index (χ2n) is 5.86. The third-order valence-electron chi connectivity index (χ3n) is 4.13. The summed E-state index contributed by atoms with van der Waals surface area (Å²) in [6.45, 7) is 0. The summed E-state index contributed by atoms with van der Waals surface area (Å²) in [5.74, 6) is -0.852. The van der Waals surface area contributed by atoms with Crippen LogP contribution in [0.5, 0.6) is 0 Å². The highest BCUT2D eigenvalue weighted by atomic mass is 16.2. The normalized spacial score (nSPS) is 10.6. The number of hydrazine groups is 1. The number of para-hydroxylation sites is 1. The summed E-state index contributed by atoms with van der Waals surface area (Å²) in [5, 5.41) is 2.96. The lowest BCUT2D eigenvalue weighted by Gasteiger charge is -2.08. The molecular weight excluding hydrogens is 326 g/mol. The highest BCUT2D eigenvalue weighted by Gasteiger charge is 2.11. The minimum absolute atomic E-state index is 0.238. The Morgan fingerprint density at radius 2 is 1.31 bits per heavy atom. The molecule has 0 atom stereocenters. The fourth-order valence-electron chi connectivity index (χ4n) is 2.77. The minimum Gasteiger partial charge on any atom is -0.267 e. The number of pyridine rings is 1. The number of aromatic nitrogens is 1. The van der Waals surface area contributed by atoms with E-state index in [-0.39, 0.29) is 11.6 Å². The van der Waals surface area contributed by atoms with Gasteiger partial charge in [-0.15, -0.1) is 0 Å². The molecule has 0 saturated heterocycles. The van der Waals surface area contributed by atoms with Crippen LogP contribution < -0.4 is 10.9 Å². The van der Waals surface area contributed by atoms with Crippen LogP contribution in [0.15, 0.2) is 78.9 Å². The topological polar surface area (TPSA) is 71.1 Å². The third kappa shape index (κ3) is 3.10. The maximum atomic E-state index is 12.3. The molecule has 26 heavy (non-hydrogen) atoms. The zero-order valence-corrected chi connectivity index (χ0v) is 13.8. The number of rotatable bonds is 2. The Kier molecular flexibility index (Phi) is 4.03. The van der Waals surface area contributed by atoms with Crippen LogP contribution in [-0.2, 0) is 0 Å². The van der Waals surface area contributed by atoms with Gasteiger partial charge in [0.05, 0.1) is 5.52 Å². The Balaban J connectivity index is 1.47. The van der Waals surface area contributed by atoms with E-state index in [0.717, 1.165) is 21.7 Å². The molecule has 0 aliphatic heterocycles. The fourth-order valence-corrected chi connectivity index (χ4v) is 2.77. The molecule has 0 radical (unpaired) electrons. The first-order chi connectivity index (χ1) is 12.7. The number of carbonyl (C=O) groups is 2. The van der Waals surface area contributed by atoms with Gasteiger partial charge in [-0.25, -0.2) is 4.98 Å². The zero-order valence-electron chi connectivity index (χ0n) is 13.8. The molecule has 0 saturated carbocycles. The van der Waals surface area contributed by atoms with E-state index in [1.54, 1.807) is 18.2 Å². The number of nitrogens with zero attached hydrogens (tertiary/aromatic N) is 1. The van der Waals surface area contributed by atoms with Gasteiger partial charge in [0.25, 0.3) is 11.8 Å². The van der Waals surface area contributed by atoms with Crippen molar-refractivity contribution in [2.45, 2.75) is 0 Å². The van der Waals surface area contributed by atoms with Gasteiger partial charge in [0, 0.05) is 10.9 Å². The average molecular weight is 341 g/mol. The molecule has 0 aliphatic carbocycles. The van der Waals surface area contributed by atoms with Gasteiger partial charge in [0.1, 0.15) is 5.69 Å². The van der Waals surface area contributed by atoms with Crippen molar-refractivity contribution in [2.24, 2.45) is 0 Å². The smallest absolute Gasteiger partial charge is 0.267 e. The highest BCUT2D eigenvalue weighted by Crippen LogP contribution is 2.15. The molecule has 2 N–H and O–H groups in total. The Morgan fingerprint density at radius 1 is 0.654 bits per heavy atom. The van der Waals surface area contributed by atoms with Gasteiger partial charge in [0.15, 0.2) is 0 Å². The van der Waals surface area contributed by atoms with Crippen LogP contribution in [0, 0.1) is 0 Å². The van der Waals surface area contributed by atoms with Crippen LogP contribution in [0.2, 0.25) is 0 Å². The molecule has 5 nitrogen and oxygen atoms in total. The van der Waals surface area contributed by atoms with Crippen molar-refractivity contribution in [3.05, 3.63) is 90.1 Å². The summed E-state index contributed by atoms with van der Waals surface area (Å²) in [7, 11) is 0. The number of hydrogen-bond donors (Lipinski definition) is 2. The fraction of sp³-hybridized carbons (Fsp3) is 0. The quantitative estimate of drug-likeness (QED) is 0.549. The van der Waals surface area contributed by atoms with E-state index in [4.69, 9.17) is 0 Å². The average Bonchev–Trinajstić information content (AvgIpc) is 2.71. The molecule has 1 aromatic heterocycles. The predicted octanol–water partition coefficient (Wildman–Crippen LogP) is 3.46. The van der Waals surface area contributed by atoms with Crippen molar-refractivity contribution in [1.82, 2.24) is 15.8 Å². The van der Waals surface area contributed by atoms with E-state index in [2.05, 4.69) is 15.8 Å². The zero-order chi connectivity index (χ0) is 17.9. The maximum absolute atomic E-state index is 12.3.